The summed E-state index contributed by atoms with van der Waals surface area (Å²) in [5.41, 5.74) is -0.418. The third kappa shape index (κ3) is 2.63. The summed E-state index contributed by atoms with van der Waals surface area (Å²) < 4.78 is 0. The summed E-state index contributed by atoms with van der Waals surface area (Å²) in [7, 11) is 0. The van der Waals surface area contributed by atoms with Crippen LogP contribution in [0, 0.1) is 5.41 Å². The van der Waals surface area contributed by atoms with E-state index in [-0.39, 0.29) is 18.1 Å². The number of carbonyl (C=O) groups excluding carboxylic acids is 1. The maximum Gasteiger partial charge on any atom is 0.228 e. The molecular weight excluding hydrogens is 216 g/mol. The molecule has 0 spiro atoms. The van der Waals surface area contributed by atoms with Crippen LogP contribution in [0.2, 0.25) is 0 Å². The zero-order chi connectivity index (χ0) is 12.5. The number of aliphatic hydroxyl groups is 1. The van der Waals surface area contributed by atoms with Gasteiger partial charge in [0.15, 0.2) is 0 Å². The zero-order valence-electron chi connectivity index (χ0n) is 11.0. The van der Waals surface area contributed by atoms with E-state index in [0.717, 1.165) is 25.9 Å². The Bertz CT molecular complexity index is 292. The van der Waals surface area contributed by atoms with Crippen molar-refractivity contribution in [1.82, 2.24) is 10.2 Å². The van der Waals surface area contributed by atoms with E-state index in [4.69, 9.17) is 0 Å². The van der Waals surface area contributed by atoms with E-state index in [1.165, 1.54) is 12.8 Å². The first-order valence-electron chi connectivity index (χ1n) is 6.64. The highest BCUT2D eigenvalue weighted by Crippen LogP contribution is 2.45. The average molecular weight is 240 g/mol. The molecule has 0 aromatic heterocycles. The van der Waals surface area contributed by atoms with Crippen molar-refractivity contribution in [2.75, 3.05) is 26.2 Å². The molecule has 1 aliphatic heterocycles. The van der Waals surface area contributed by atoms with Gasteiger partial charge in [-0.05, 0) is 52.6 Å². The first-order chi connectivity index (χ1) is 8.00. The monoisotopic (exact) mass is 240 g/mol. The number of hydrogen-bond acceptors (Lipinski definition) is 3. The second kappa shape index (κ2) is 4.58. The molecular formula is C13H24N2O2. The molecule has 0 aromatic rings. The number of carbonyl (C=O) groups is 1. The average Bonchev–Trinajstić information content (AvgIpc) is 2.90. The van der Waals surface area contributed by atoms with E-state index >= 15 is 0 Å². The minimum Gasteiger partial charge on any atom is -0.395 e. The Labute approximate surface area is 103 Å². The van der Waals surface area contributed by atoms with Gasteiger partial charge in [-0.15, -0.1) is 0 Å². The molecule has 2 aliphatic rings. The van der Waals surface area contributed by atoms with E-state index in [9.17, 15) is 9.90 Å². The Morgan fingerprint density at radius 3 is 2.41 bits per heavy atom. The van der Waals surface area contributed by atoms with Crippen LogP contribution in [-0.4, -0.2) is 47.7 Å². The Morgan fingerprint density at radius 2 is 1.94 bits per heavy atom. The van der Waals surface area contributed by atoms with Crippen LogP contribution < -0.4 is 5.32 Å². The van der Waals surface area contributed by atoms with Crippen molar-refractivity contribution >= 4 is 5.91 Å². The number of likely N-dealkylation sites (tertiary alicyclic amines) is 1. The van der Waals surface area contributed by atoms with E-state index in [1.807, 2.05) is 0 Å². The summed E-state index contributed by atoms with van der Waals surface area (Å²) in [5.74, 6) is 0.0345. The van der Waals surface area contributed by atoms with E-state index in [2.05, 4.69) is 24.1 Å². The molecule has 1 amide bonds. The van der Waals surface area contributed by atoms with Crippen LogP contribution in [0.15, 0.2) is 0 Å². The smallest absolute Gasteiger partial charge is 0.228 e. The van der Waals surface area contributed by atoms with Crippen LogP contribution in [0.4, 0.5) is 0 Å². The van der Waals surface area contributed by atoms with Crippen molar-refractivity contribution in [3.05, 3.63) is 0 Å². The largest absolute Gasteiger partial charge is 0.395 e. The third-order valence-corrected chi connectivity index (χ3v) is 4.28. The first-order valence-corrected chi connectivity index (χ1v) is 6.64. The van der Waals surface area contributed by atoms with Gasteiger partial charge in [0.2, 0.25) is 5.91 Å². The fourth-order valence-electron chi connectivity index (χ4n) is 2.53. The Kier molecular flexibility index (Phi) is 3.46. The van der Waals surface area contributed by atoms with Gasteiger partial charge in [-0.3, -0.25) is 9.69 Å². The van der Waals surface area contributed by atoms with Gasteiger partial charge < -0.3 is 10.4 Å². The predicted molar refractivity (Wildman–Crippen MR) is 66.6 cm³/mol. The molecule has 0 radical (unpaired) electrons. The molecule has 2 rings (SSSR count). The Balaban J connectivity index is 1.82. The van der Waals surface area contributed by atoms with Crippen molar-refractivity contribution in [3.63, 3.8) is 0 Å². The van der Waals surface area contributed by atoms with Crippen molar-refractivity contribution in [2.45, 2.75) is 45.1 Å². The van der Waals surface area contributed by atoms with Gasteiger partial charge in [0.05, 0.1) is 12.0 Å². The maximum atomic E-state index is 11.9. The molecule has 98 valence electrons. The standard InChI is InChI=1S/C13H24N2O2/c1-12(2,15-7-3-4-8-15)9-14-11(17)13(10-16)5-6-13/h16H,3-10H2,1-2H3,(H,14,17). The number of nitrogens with one attached hydrogen (secondary N) is 1. The first kappa shape index (κ1) is 12.8. The summed E-state index contributed by atoms with van der Waals surface area (Å²) in [6.07, 6.45) is 4.19. The number of aliphatic hydroxyl groups excluding tert-OH is 1. The quantitative estimate of drug-likeness (QED) is 0.745. The van der Waals surface area contributed by atoms with Crippen LogP contribution >= 0.6 is 0 Å². The van der Waals surface area contributed by atoms with Crippen LogP contribution in [-0.2, 0) is 4.79 Å². The minimum absolute atomic E-state index is 0.0109. The van der Waals surface area contributed by atoms with Gasteiger partial charge in [0, 0.05) is 12.1 Å². The molecule has 0 aromatic carbocycles. The molecule has 0 atom stereocenters. The number of hydrogen-bond donors (Lipinski definition) is 2. The van der Waals surface area contributed by atoms with Crippen LogP contribution in [0.25, 0.3) is 0 Å². The van der Waals surface area contributed by atoms with Gasteiger partial charge in [-0.2, -0.15) is 0 Å². The second-order valence-electron chi connectivity index (χ2n) is 6.13. The topological polar surface area (TPSA) is 52.6 Å². The number of nitrogens with zero attached hydrogens (tertiary/aromatic N) is 1. The zero-order valence-corrected chi connectivity index (χ0v) is 11.0. The molecule has 2 fully saturated rings. The fourth-order valence-corrected chi connectivity index (χ4v) is 2.53. The van der Waals surface area contributed by atoms with Crippen LogP contribution in [0.5, 0.6) is 0 Å². The minimum atomic E-state index is -0.443. The lowest BCUT2D eigenvalue weighted by Crippen LogP contribution is -2.51. The van der Waals surface area contributed by atoms with Gasteiger partial charge in [-0.1, -0.05) is 0 Å². The van der Waals surface area contributed by atoms with Gasteiger partial charge in [-0.25, -0.2) is 0 Å². The Morgan fingerprint density at radius 1 is 1.35 bits per heavy atom. The van der Waals surface area contributed by atoms with Crippen molar-refractivity contribution in [2.24, 2.45) is 5.41 Å². The number of amides is 1. The van der Waals surface area contributed by atoms with Crippen molar-refractivity contribution in [1.29, 1.82) is 0 Å². The molecule has 4 nitrogen and oxygen atoms in total. The normalized spacial score (nSPS) is 23.7. The predicted octanol–water partition coefficient (Wildman–Crippen LogP) is 0.749. The summed E-state index contributed by atoms with van der Waals surface area (Å²) in [4.78, 5) is 14.4. The molecule has 0 unspecified atom stereocenters. The van der Waals surface area contributed by atoms with E-state index < -0.39 is 5.41 Å². The second-order valence-corrected chi connectivity index (χ2v) is 6.13. The molecule has 1 saturated carbocycles. The lowest BCUT2D eigenvalue weighted by atomic mass is 10.0. The number of rotatable bonds is 5. The van der Waals surface area contributed by atoms with Gasteiger partial charge in [0.1, 0.15) is 0 Å². The van der Waals surface area contributed by atoms with E-state index in [0.29, 0.717) is 6.54 Å². The maximum absolute atomic E-state index is 11.9. The SMILES string of the molecule is CC(C)(CNC(=O)C1(CO)CC1)N1CCCC1. The van der Waals surface area contributed by atoms with Crippen LogP contribution in [0.3, 0.4) is 0 Å². The highest BCUT2D eigenvalue weighted by Gasteiger charge is 2.49. The van der Waals surface area contributed by atoms with E-state index in [1.54, 1.807) is 0 Å². The summed E-state index contributed by atoms with van der Waals surface area (Å²) >= 11 is 0. The highest BCUT2D eigenvalue weighted by atomic mass is 16.3. The lowest BCUT2D eigenvalue weighted by molar-refractivity contribution is -0.128. The summed E-state index contributed by atoms with van der Waals surface area (Å²) in [5, 5.41) is 12.2. The molecule has 1 heterocycles. The molecule has 0 bridgehead atoms. The fraction of sp³-hybridized carbons (Fsp3) is 0.923. The van der Waals surface area contributed by atoms with Crippen LogP contribution in [0.1, 0.15) is 39.5 Å². The molecule has 17 heavy (non-hydrogen) atoms. The Hall–Kier alpha value is -0.610. The third-order valence-electron chi connectivity index (χ3n) is 4.28. The van der Waals surface area contributed by atoms with Crippen molar-refractivity contribution in [3.8, 4) is 0 Å². The van der Waals surface area contributed by atoms with Gasteiger partial charge >= 0.3 is 0 Å². The molecule has 4 heteroatoms. The highest BCUT2D eigenvalue weighted by molar-refractivity contribution is 5.85. The van der Waals surface area contributed by atoms with Crippen molar-refractivity contribution < 1.29 is 9.90 Å². The molecule has 1 saturated heterocycles. The molecule has 2 N–H and O–H groups in total. The van der Waals surface area contributed by atoms with Gasteiger partial charge in [0.25, 0.3) is 0 Å². The summed E-state index contributed by atoms with van der Waals surface area (Å²) in [6, 6.07) is 0. The molecule has 1 aliphatic carbocycles. The summed E-state index contributed by atoms with van der Waals surface area (Å²) in [6.45, 7) is 7.28. The lowest BCUT2D eigenvalue weighted by Gasteiger charge is -2.35.